The molecule has 0 spiro atoms. The van der Waals surface area contributed by atoms with Crippen molar-refractivity contribution in [3.8, 4) is 0 Å². The Hall–Kier alpha value is -5.61. The van der Waals surface area contributed by atoms with Gasteiger partial charge < -0.3 is 34.9 Å². The van der Waals surface area contributed by atoms with Crippen LogP contribution in [0.2, 0.25) is 0 Å². The fourth-order valence-electron chi connectivity index (χ4n) is 7.81. The van der Waals surface area contributed by atoms with E-state index in [0.29, 0.717) is 50.1 Å². The third kappa shape index (κ3) is 7.94. The Morgan fingerprint density at radius 2 is 1.60 bits per heavy atom. The molecular weight excluding hydrogens is 783 g/mol. The Labute approximate surface area is 335 Å². The van der Waals surface area contributed by atoms with Crippen molar-refractivity contribution in [2.45, 2.75) is 62.0 Å². The molecule has 21 heteroatoms. The number of amides is 3. The van der Waals surface area contributed by atoms with Crippen molar-refractivity contribution >= 4 is 59.5 Å². The number of aliphatic imine (C=N–C) groups is 1. The number of non-ortho nitro benzene ring substituents is 2. The average molecular weight is 825 g/mol. The highest BCUT2D eigenvalue weighted by atomic mass is 32.2. The van der Waals surface area contributed by atoms with Gasteiger partial charge in [0, 0.05) is 61.8 Å². The molecular formula is C37H42N7O13S+. The minimum Gasteiger partial charge on any atom is -0.460 e. The summed E-state index contributed by atoms with van der Waals surface area (Å²) in [7, 11) is 0. The van der Waals surface area contributed by atoms with Crippen LogP contribution < -0.4 is 10.6 Å². The van der Waals surface area contributed by atoms with Gasteiger partial charge in [-0.3, -0.25) is 25.0 Å². The summed E-state index contributed by atoms with van der Waals surface area (Å²) in [6, 6.07) is 9.07. The highest BCUT2D eigenvalue weighted by molar-refractivity contribution is 8.02. The minimum atomic E-state index is -1.93. The van der Waals surface area contributed by atoms with Gasteiger partial charge in [0.2, 0.25) is 16.8 Å². The molecule has 6 rings (SSSR count). The minimum absolute atomic E-state index is 0.181. The third-order valence-electron chi connectivity index (χ3n) is 10.7. The summed E-state index contributed by atoms with van der Waals surface area (Å²) < 4.78 is 13.4. The van der Waals surface area contributed by atoms with Crippen LogP contribution in [-0.4, -0.2) is 122 Å². The molecule has 0 radical (unpaired) electrons. The Balaban J connectivity index is 1.38. The molecule has 3 saturated heterocycles. The van der Waals surface area contributed by atoms with Crippen molar-refractivity contribution in [3.05, 3.63) is 91.7 Å². The molecule has 2 aromatic rings. The van der Waals surface area contributed by atoms with Crippen molar-refractivity contribution in [1.29, 1.82) is 0 Å². The zero-order chi connectivity index (χ0) is 41.8. The topological polar surface area (TPSA) is 259 Å². The largest absolute Gasteiger partial charge is 0.460 e. The first-order chi connectivity index (χ1) is 27.6. The fourth-order valence-corrected chi connectivity index (χ4v) is 9.79. The molecule has 0 aliphatic carbocycles. The summed E-state index contributed by atoms with van der Waals surface area (Å²) in [5.74, 6) is -3.08. The fraction of sp³-hybridized carbons (Fsp3) is 0.459. The molecule has 3 fully saturated rings. The SMILES string of the molecule is CC(O)C1(SC2CCNC2)C(=O)[N+]2(C=NC(=O)OCc3ccc([N+](=O)[O-])cc3)C(C(=O)OC(=O)N3CCCNCC3)=C[C@@](C)(C(=O)OCc3ccc([N+](=O)[O-])cc3)[C@@H]12. The van der Waals surface area contributed by atoms with E-state index < -0.39 is 72.4 Å². The number of hydrogen-bond donors (Lipinski definition) is 3. The number of aliphatic hydroxyl groups excluding tert-OH is 1. The first-order valence-electron chi connectivity index (χ1n) is 18.4. The van der Waals surface area contributed by atoms with Crippen LogP contribution in [0, 0.1) is 25.6 Å². The number of nitro benzene ring substituents is 2. The van der Waals surface area contributed by atoms with Crippen molar-refractivity contribution in [2.24, 2.45) is 10.4 Å². The molecule has 20 nitrogen and oxygen atoms in total. The van der Waals surface area contributed by atoms with E-state index in [0.717, 1.165) is 24.2 Å². The van der Waals surface area contributed by atoms with E-state index in [1.807, 2.05) is 0 Å². The number of nitro groups is 2. The van der Waals surface area contributed by atoms with E-state index in [1.54, 1.807) is 0 Å². The van der Waals surface area contributed by atoms with Crippen molar-refractivity contribution in [3.63, 3.8) is 0 Å². The van der Waals surface area contributed by atoms with E-state index in [4.69, 9.17) is 14.2 Å². The number of esters is 2. The number of nitrogens with zero attached hydrogens (tertiary/aromatic N) is 5. The van der Waals surface area contributed by atoms with Crippen LogP contribution in [-0.2, 0) is 41.8 Å². The van der Waals surface area contributed by atoms with Gasteiger partial charge in [0.05, 0.1) is 16.0 Å². The van der Waals surface area contributed by atoms with Crippen molar-refractivity contribution in [2.75, 3.05) is 39.3 Å². The van der Waals surface area contributed by atoms with Crippen LogP contribution in [0.15, 0.2) is 65.3 Å². The number of aliphatic hydroxyl groups is 1. The Kier molecular flexibility index (Phi) is 12.4. The van der Waals surface area contributed by atoms with Gasteiger partial charge in [-0.15, -0.1) is 16.8 Å². The maximum absolute atomic E-state index is 15.0. The number of carbonyl (C=O) groups is 5. The van der Waals surface area contributed by atoms with Gasteiger partial charge in [0.1, 0.15) is 18.6 Å². The lowest BCUT2D eigenvalue weighted by Gasteiger charge is -2.58. The standard InChI is InChI=1S/C37H42N7O13S/c1-23(45)37(58-28-12-14-39-19-28)31-36(2,33(48)55-20-24-4-8-26(9-5-24)42(51)52)18-29(30(46)57-35(50)41-16-3-13-38-15-17-41)44(31,32(37)47)22-40-34(49)56-21-25-6-10-27(11-7-25)43(53)54/h4-11,18,22-23,28,31,38-39,45H,3,12-17,19-21H2,1-2H3/q+1/t23?,28?,31-,36+,37?,44?/m0/s1. The number of rotatable bonds is 12. The van der Waals surface area contributed by atoms with E-state index in [1.165, 1.54) is 67.3 Å². The van der Waals surface area contributed by atoms with Gasteiger partial charge in [-0.25, -0.2) is 19.2 Å². The smallest absolute Gasteiger partial charge is 0.438 e. The van der Waals surface area contributed by atoms with Gasteiger partial charge in [-0.1, -0.05) is 0 Å². The Morgan fingerprint density at radius 3 is 2.17 bits per heavy atom. The highest BCUT2D eigenvalue weighted by Gasteiger charge is 2.87. The van der Waals surface area contributed by atoms with E-state index in [9.17, 15) is 44.5 Å². The number of thioether (sulfide) groups is 1. The highest BCUT2D eigenvalue weighted by Crippen LogP contribution is 2.63. The number of nitrogens with one attached hydrogen (secondary N) is 2. The second-order valence-corrected chi connectivity index (χ2v) is 16.0. The molecule has 3 amide bonds. The summed E-state index contributed by atoms with van der Waals surface area (Å²) >= 11 is 1.13. The number of β-lactam (4-membered cyclic amide) rings is 1. The molecule has 4 aliphatic heterocycles. The predicted octanol–water partition coefficient (Wildman–Crippen LogP) is 2.71. The molecule has 3 N–H and O–H groups in total. The number of quaternary nitrogens is 1. The molecule has 2 aromatic carbocycles. The molecule has 4 heterocycles. The second-order valence-electron chi connectivity index (χ2n) is 14.5. The predicted molar refractivity (Wildman–Crippen MR) is 204 cm³/mol. The lowest BCUT2D eigenvalue weighted by molar-refractivity contribution is -0.780. The molecule has 4 unspecified atom stereocenters. The summed E-state index contributed by atoms with van der Waals surface area (Å²) in [5.41, 5.74) is -2.05. The number of carbonyl (C=O) groups excluding carboxylic acids is 5. The van der Waals surface area contributed by atoms with E-state index >= 15 is 4.79 Å². The lowest BCUT2D eigenvalue weighted by Crippen LogP contribution is -2.87. The van der Waals surface area contributed by atoms with Gasteiger partial charge >= 0.3 is 30.0 Å². The summed E-state index contributed by atoms with van der Waals surface area (Å²) in [5, 5.41) is 39.9. The van der Waals surface area contributed by atoms with Gasteiger partial charge in [0.25, 0.3) is 11.4 Å². The normalized spacial score (nSPS) is 27.1. The lowest BCUT2D eigenvalue weighted by atomic mass is 9.67. The second kappa shape index (κ2) is 17.1. The number of benzene rings is 2. The monoisotopic (exact) mass is 824 g/mol. The molecule has 4 aliphatic rings. The molecule has 58 heavy (non-hydrogen) atoms. The quantitative estimate of drug-likeness (QED) is 0.0320. The van der Waals surface area contributed by atoms with Crippen molar-refractivity contribution in [1.82, 2.24) is 15.5 Å². The molecule has 0 aromatic heterocycles. The average Bonchev–Trinajstić information content (AvgIpc) is 3.69. The zero-order valence-electron chi connectivity index (χ0n) is 31.6. The zero-order valence-corrected chi connectivity index (χ0v) is 32.4. The Bertz CT molecular complexity index is 2030. The van der Waals surface area contributed by atoms with E-state index in [2.05, 4.69) is 15.6 Å². The number of ether oxygens (including phenoxy) is 3. The molecule has 6 atom stereocenters. The molecule has 308 valence electrons. The van der Waals surface area contributed by atoms with Crippen LogP contribution in [0.4, 0.5) is 21.0 Å². The third-order valence-corrected chi connectivity index (χ3v) is 12.5. The van der Waals surface area contributed by atoms with E-state index in [-0.39, 0.29) is 42.9 Å². The number of hydrogen-bond acceptors (Lipinski definition) is 16. The molecule has 0 bridgehead atoms. The van der Waals surface area contributed by atoms with Crippen molar-refractivity contribution < 1.29 is 57.6 Å². The summed E-state index contributed by atoms with van der Waals surface area (Å²) in [6.45, 7) is 4.69. The molecule has 0 saturated carbocycles. The maximum Gasteiger partial charge on any atom is 0.438 e. The Morgan fingerprint density at radius 1 is 0.983 bits per heavy atom. The van der Waals surface area contributed by atoms with Crippen LogP contribution in [0.5, 0.6) is 0 Å². The van der Waals surface area contributed by atoms with Gasteiger partial charge in [0.15, 0.2) is 6.04 Å². The van der Waals surface area contributed by atoms with Crippen LogP contribution in [0.3, 0.4) is 0 Å². The first-order valence-corrected chi connectivity index (χ1v) is 19.3. The summed E-state index contributed by atoms with van der Waals surface area (Å²) in [6.07, 6.45) is -0.509. The van der Waals surface area contributed by atoms with Crippen LogP contribution in [0.1, 0.15) is 37.8 Å². The van der Waals surface area contributed by atoms with Gasteiger partial charge in [-0.2, -0.15) is 4.48 Å². The van der Waals surface area contributed by atoms with Crippen LogP contribution in [0.25, 0.3) is 0 Å². The summed E-state index contributed by atoms with van der Waals surface area (Å²) in [4.78, 5) is 96.5. The van der Waals surface area contributed by atoms with Gasteiger partial charge in [-0.05, 0) is 75.2 Å². The van der Waals surface area contributed by atoms with Crippen LogP contribution >= 0.6 is 11.8 Å². The first kappa shape index (κ1) is 42.0. The number of fused-ring (bicyclic) bond motifs is 1. The maximum atomic E-state index is 15.0.